The highest BCUT2D eigenvalue weighted by molar-refractivity contribution is 5.66. The zero-order valence-corrected chi connectivity index (χ0v) is 15.2. The number of aromatic nitrogens is 3. The predicted octanol–water partition coefficient (Wildman–Crippen LogP) is 3.16. The van der Waals surface area contributed by atoms with Crippen LogP contribution < -0.4 is 15.5 Å². The molecule has 1 aromatic carbocycles. The molecule has 4 rings (SSSR count). The summed E-state index contributed by atoms with van der Waals surface area (Å²) in [6.45, 7) is 3.42. The summed E-state index contributed by atoms with van der Waals surface area (Å²) < 4.78 is 5.41. The Morgan fingerprint density at radius 1 is 0.963 bits per heavy atom. The summed E-state index contributed by atoms with van der Waals surface area (Å²) >= 11 is 0. The van der Waals surface area contributed by atoms with Crippen LogP contribution in [0.3, 0.4) is 0 Å². The lowest BCUT2D eigenvalue weighted by Crippen LogP contribution is -2.36. The van der Waals surface area contributed by atoms with Gasteiger partial charge in [-0.15, -0.1) is 0 Å². The van der Waals surface area contributed by atoms with Crippen LogP contribution in [-0.2, 0) is 4.74 Å². The highest BCUT2D eigenvalue weighted by atomic mass is 16.5. The molecule has 0 radical (unpaired) electrons. The molecule has 7 heteroatoms. The van der Waals surface area contributed by atoms with Gasteiger partial charge in [-0.2, -0.15) is 4.98 Å². The van der Waals surface area contributed by atoms with Gasteiger partial charge in [0.2, 0.25) is 5.95 Å². The largest absolute Gasteiger partial charge is 0.378 e. The molecule has 0 amide bonds. The summed E-state index contributed by atoms with van der Waals surface area (Å²) in [5.74, 6) is 1.26. The van der Waals surface area contributed by atoms with Gasteiger partial charge in [0.1, 0.15) is 5.82 Å². The lowest BCUT2D eigenvalue weighted by Gasteiger charge is -2.28. The Kier molecular flexibility index (Phi) is 5.11. The van der Waals surface area contributed by atoms with Crippen molar-refractivity contribution in [3.63, 3.8) is 0 Å². The fourth-order valence-corrected chi connectivity index (χ4v) is 2.99. The van der Waals surface area contributed by atoms with Crippen LogP contribution in [0.25, 0.3) is 11.4 Å². The molecule has 7 nitrogen and oxygen atoms in total. The third-order valence-electron chi connectivity index (χ3n) is 4.39. The molecule has 3 aromatic rings. The first-order chi connectivity index (χ1) is 13.3. The number of nitrogens with zero attached hydrogens (tertiary/aromatic N) is 4. The Bertz CT molecular complexity index is 879. The van der Waals surface area contributed by atoms with Crippen LogP contribution in [0.5, 0.6) is 0 Å². The van der Waals surface area contributed by atoms with Crippen LogP contribution in [0.2, 0.25) is 0 Å². The molecule has 0 atom stereocenters. The van der Waals surface area contributed by atoms with E-state index in [0.717, 1.165) is 43.4 Å². The Morgan fingerprint density at radius 3 is 2.48 bits per heavy atom. The maximum Gasteiger partial charge on any atom is 0.225 e. The van der Waals surface area contributed by atoms with Gasteiger partial charge < -0.3 is 20.3 Å². The first-order valence-corrected chi connectivity index (χ1v) is 9.00. The van der Waals surface area contributed by atoms with Crippen molar-refractivity contribution in [2.24, 2.45) is 0 Å². The Morgan fingerprint density at radius 2 is 1.78 bits per heavy atom. The molecule has 1 saturated heterocycles. The lowest BCUT2D eigenvalue weighted by molar-refractivity contribution is 0.122. The fourth-order valence-electron chi connectivity index (χ4n) is 2.99. The van der Waals surface area contributed by atoms with Gasteiger partial charge in [-0.05, 0) is 36.4 Å². The standard InChI is InChI=1S/C20H22N6O/c1-21-20-24-18(17-4-2-3-9-22-17)14-19(25-20)23-15-5-7-16(8-6-15)26-10-12-27-13-11-26/h2-9,14H,10-13H2,1H3,(H2,21,23,24,25). The van der Waals surface area contributed by atoms with E-state index >= 15 is 0 Å². The molecule has 0 unspecified atom stereocenters. The topological polar surface area (TPSA) is 75.2 Å². The van der Waals surface area contributed by atoms with E-state index in [2.05, 4.69) is 54.8 Å². The van der Waals surface area contributed by atoms with Crippen LogP contribution in [0.4, 0.5) is 23.1 Å². The van der Waals surface area contributed by atoms with Gasteiger partial charge in [-0.25, -0.2) is 4.98 Å². The lowest BCUT2D eigenvalue weighted by atomic mass is 10.2. The van der Waals surface area contributed by atoms with Gasteiger partial charge in [0.25, 0.3) is 0 Å². The van der Waals surface area contributed by atoms with Crippen molar-refractivity contribution < 1.29 is 4.74 Å². The van der Waals surface area contributed by atoms with Gasteiger partial charge in [0, 0.05) is 43.8 Å². The van der Waals surface area contributed by atoms with Crippen molar-refractivity contribution in [1.82, 2.24) is 15.0 Å². The molecular formula is C20H22N6O. The zero-order valence-electron chi connectivity index (χ0n) is 15.2. The van der Waals surface area contributed by atoms with E-state index < -0.39 is 0 Å². The molecule has 1 fully saturated rings. The molecule has 0 spiro atoms. The normalized spacial score (nSPS) is 14.0. The summed E-state index contributed by atoms with van der Waals surface area (Å²) in [5.41, 5.74) is 3.75. The molecule has 0 aliphatic carbocycles. The van der Waals surface area contributed by atoms with Gasteiger partial charge in [0.15, 0.2) is 0 Å². The van der Waals surface area contributed by atoms with Crippen molar-refractivity contribution in [3.05, 3.63) is 54.7 Å². The van der Waals surface area contributed by atoms with Gasteiger partial charge in [-0.3, -0.25) is 4.98 Å². The molecule has 1 aliphatic heterocycles. The highest BCUT2D eigenvalue weighted by Crippen LogP contribution is 2.24. The highest BCUT2D eigenvalue weighted by Gasteiger charge is 2.11. The molecule has 2 aromatic heterocycles. The molecule has 3 heterocycles. The number of hydrogen-bond acceptors (Lipinski definition) is 7. The monoisotopic (exact) mass is 362 g/mol. The number of hydrogen-bond donors (Lipinski definition) is 2. The number of ether oxygens (including phenoxy) is 1. The maximum atomic E-state index is 5.41. The van der Waals surface area contributed by atoms with E-state index in [1.165, 1.54) is 5.69 Å². The molecule has 2 N–H and O–H groups in total. The van der Waals surface area contributed by atoms with Crippen molar-refractivity contribution in [1.29, 1.82) is 0 Å². The van der Waals surface area contributed by atoms with Crippen LogP contribution in [0.15, 0.2) is 54.7 Å². The van der Waals surface area contributed by atoms with Crippen molar-refractivity contribution in [3.8, 4) is 11.4 Å². The van der Waals surface area contributed by atoms with E-state index in [9.17, 15) is 0 Å². The summed E-state index contributed by atoms with van der Waals surface area (Å²) in [7, 11) is 1.80. The first kappa shape index (κ1) is 17.2. The number of nitrogens with one attached hydrogen (secondary N) is 2. The van der Waals surface area contributed by atoms with Crippen molar-refractivity contribution in [2.75, 3.05) is 48.9 Å². The predicted molar refractivity (Wildman–Crippen MR) is 108 cm³/mol. The van der Waals surface area contributed by atoms with Gasteiger partial charge in [0.05, 0.1) is 24.6 Å². The average Bonchev–Trinajstić information content (AvgIpc) is 2.75. The number of pyridine rings is 1. The van der Waals surface area contributed by atoms with Crippen molar-refractivity contribution in [2.45, 2.75) is 0 Å². The van der Waals surface area contributed by atoms with Crippen LogP contribution in [0, 0.1) is 0 Å². The van der Waals surface area contributed by atoms with E-state index in [4.69, 9.17) is 4.74 Å². The second kappa shape index (κ2) is 8.01. The summed E-state index contributed by atoms with van der Waals surface area (Å²) in [4.78, 5) is 15.7. The van der Waals surface area contributed by atoms with E-state index in [0.29, 0.717) is 11.8 Å². The van der Waals surface area contributed by atoms with E-state index in [1.807, 2.05) is 24.3 Å². The molecule has 138 valence electrons. The van der Waals surface area contributed by atoms with Gasteiger partial charge >= 0.3 is 0 Å². The second-order valence-corrected chi connectivity index (χ2v) is 6.20. The Hall–Kier alpha value is -3.19. The third kappa shape index (κ3) is 4.15. The van der Waals surface area contributed by atoms with E-state index in [1.54, 1.807) is 13.2 Å². The smallest absolute Gasteiger partial charge is 0.225 e. The summed E-state index contributed by atoms with van der Waals surface area (Å²) in [5, 5.41) is 6.36. The minimum atomic E-state index is 0.547. The first-order valence-electron chi connectivity index (χ1n) is 9.00. The minimum absolute atomic E-state index is 0.547. The second-order valence-electron chi connectivity index (χ2n) is 6.20. The zero-order chi connectivity index (χ0) is 18.5. The molecular weight excluding hydrogens is 340 g/mol. The summed E-state index contributed by atoms with van der Waals surface area (Å²) in [6.07, 6.45) is 1.76. The SMILES string of the molecule is CNc1nc(Nc2ccc(N3CCOCC3)cc2)cc(-c2ccccn2)n1. The molecule has 27 heavy (non-hydrogen) atoms. The third-order valence-corrected chi connectivity index (χ3v) is 4.39. The number of benzene rings is 1. The quantitative estimate of drug-likeness (QED) is 0.722. The number of morpholine rings is 1. The van der Waals surface area contributed by atoms with E-state index in [-0.39, 0.29) is 0 Å². The Labute approximate surface area is 158 Å². The van der Waals surface area contributed by atoms with Crippen LogP contribution in [0.1, 0.15) is 0 Å². The average molecular weight is 362 g/mol. The van der Waals surface area contributed by atoms with Crippen LogP contribution in [-0.4, -0.2) is 48.3 Å². The van der Waals surface area contributed by atoms with Crippen molar-refractivity contribution >= 4 is 23.1 Å². The van der Waals surface area contributed by atoms with Crippen LogP contribution >= 0.6 is 0 Å². The maximum absolute atomic E-state index is 5.41. The van der Waals surface area contributed by atoms with Gasteiger partial charge in [-0.1, -0.05) is 6.07 Å². The molecule has 0 saturated carbocycles. The summed E-state index contributed by atoms with van der Waals surface area (Å²) in [6, 6.07) is 16.0. The molecule has 1 aliphatic rings. The number of rotatable bonds is 5. The fraction of sp³-hybridized carbons (Fsp3) is 0.250. The minimum Gasteiger partial charge on any atom is -0.378 e. The Balaban J connectivity index is 1.55. The number of anilines is 4. The molecule has 0 bridgehead atoms.